The van der Waals surface area contributed by atoms with E-state index in [1.165, 1.54) is 12.1 Å². The van der Waals surface area contributed by atoms with Crippen LogP contribution in [0.25, 0.3) is 0 Å². The molecule has 0 atom stereocenters. The number of hydrogen-bond donors (Lipinski definition) is 1. The summed E-state index contributed by atoms with van der Waals surface area (Å²) in [5.74, 6) is 0.389. The van der Waals surface area contributed by atoms with Crippen LogP contribution in [0.15, 0.2) is 37.9 Å². The van der Waals surface area contributed by atoms with Gasteiger partial charge in [-0.15, -0.1) is 0 Å². The van der Waals surface area contributed by atoms with Gasteiger partial charge in [0.15, 0.2) is 5.76 Å². The Morgan fingerprint density at radius 3 is 2.42 bits per heavy atom. The van der Waals surface area contributed by atoms with E-state index in [4.69, 9.17) is 4.42 Å². The van der Waals surface area contributed by atoms with Gasteiger partial charge in [0.2, 0.25) is 11.2 Å². The van der Waals surface area contributed by atoms with Crippen molar-refractivity contribution in [2.75, 3.05) is 26.2 Å². The second kappa shape index (κ2) is 8.33. The van der Waals surface area contributed by atoms with Gasteiger partial charge >= 0.3 is 0 Å². The molecule has 0 amide bonds. The molecule has 0 spiro atoms. The second-order valence-electron chi connectivity index (χ2n) is 6.49. The normalized spacial score (nSPS) is 16.1. The first-order valence-electron chi connectivity index (χ1n) is 8.69. The molecule has 2 aromatic rings. The van der Waals surface area contributed by atoms with E-state index in [1.807, 2.05) is 13.0 Å². The van der Waals surface area contributed by atoms with Crippen LogP contribution in [0.4, 0.5) is 4.39 Å². The van der Waals surface area contributed by atoms with Crippen molar-refractivity contribution < 1.29 is 13.9 Å². The molecule has 0 aliphatic carbocycles. The summed E-state index contributed by atoms with van der Waals surface area (Å²) in [4.78, 5) is 16.1. The zero-order valence-corrected chi connectivity index (χ0v) is 16.3. The van der Waals surface area contributed by atoms with Crippen LogP contribution >= 0.6 is 15.9 Å². The molecule has 1 aliphatic rings. The number of benzene rings is 1. The third-order valence-corrected chi connectivity index (χ3v) is 5.13. The number of nitrogens with zero attached hydrogens (tertiary/aromatic N) is 2. The fourth-order valence-corrected chi connectivity index (χ4v) is 3.40. The van der Waals surface area contributed by atoms with Crippen LogP contribution in [0.5, 0.6) is 5.75 Å². The molecule has 0 radical (unpaired) electrons. The van der Waals surface area contributed by atoms with Gasteiger partial charge in [-0.05, 0) is 12.1 Å². The van der Waals surface area contributed by atoms with Crippen LogP contribution in [-0.2, 0) is 19.5 Å². The lowest BCUT2D eigenvalue weighted by molar-refractivity contribution is 0.112. The Morgan fingerprint density at radius 1 is 1.15 bits per heavy atom. The molecule has 140 valence electrons. The number of piperazine rings is 1. The Labute approximate surface area is 160 Å². The number of halogens is 2. The second-order valence-corrected chi connectivity index (χ2v) is 7.41. The van der Waals surface area contributed by atoms with Crippen LogP contribution < -0.4 is 5.43 Å². The van der Waals surface area contributed by atoms with Gasteiger partial charge in [0.25, 0.3) is 0 Å². The molecule has 0 unspecified atom stereocenters. The molecule has 7 heteroatoms. The Balaban J connectivity index is 1.59. The van der Waals surface area contributed by atoms with Crippen molar-refractivity contribution in [1.29, 1.82) is 0 Å². The quantitative estimate of drug-likeness (QED) is 0.798. The smallest absolute Gasteiger partial charge is 0.227 e. The third-order valence-electron chi connectivity index (χ3n) is 4.63. The molecule has 1 aliphatic heterocycles. The van der Waals surface area contributed by atoms with E-state index in [2.05, 4.69) is 25.7 Å². The van der Waals surface area contributed by atoms with Gasteiger partial charge in [-0.1, -0.05) is 28.9 Å². The minimum atomic E-state index is -0.396. The SMILES string of the molecule is CCc1cc(=O)c(O)c(CN2CCN(Cc3ccc(Br)cc3F)CC2)o1. The lowest BCUT2D eigenvalue weighted by Crippen LogP contribution is -2.45. The van der Waals surface area contributed by atoms with E-state index in [1.54, 1.807) is 6.07 Å². The van der Waals surface area contributed by atoms with E-state index >= 15 is 0 Å². The van der Waals surface area contributed by atoms with Crippen molar-refractivity contribution in [3.63, 3.8) is 0 Å². The molecule has 2 heterocycles. The van der Waals surface area contributed by atoms with Crippen LogP contribution in [0, 0.1) is 5.82 Å². The minimum absolute atomic E-state index is 0.204. The van der Waals surface area contributed by atoms with E-state index < -0.39 is 5.43 Å². The predicted molar refractivity (Wildman–Crippen MR) is 101 cm³/mol. The first-order valence-corrected chi connectivity index (χ1v) is 9.49. The fourth-order valence-electron chi connectivity index (χ4n) is 3.07. The first kappa shape index (κ1) is 19.1. The summed E-state index contributed by atoms with van der Waals surface area (Å²) < 4.78 is 20.4. The van der Waals surface area contributed by atoms with Crippen molar-refractivity contribution >= 4 is 15.9 Å². The maximum Gasteiger partial charge on any atom is 0.227 e. The average molecular weight is 425 g/mol. The van der Waals surface area contributed by atoms with E-state index in [-0.39, 0.29) is 11.6 Å². The fraction of sp³-hybridized carbons (Fsp3) is 0.421. The maximum atomic E-state index is 14.0. The van der Waals surface area contributed by atoms with E-state index in [0.29, 0.717) is 36.6 Å². The standard InChI is InChI=1S/C19H22BrFN2O3/c1-2-15-10-17(24)19(25)18(26-15)12-23-7-5-22(6-8-23)11-13-3-4-14(20)9-16(13)21/h3-4,9-10,25H,2,5-8,11-12H2,1H3. The summed E-state index contributed by atoms with van der Waals surface area (Å²) in [5, 5.41) is 9.96. The number of rotatable bonds is 5. The lowest BCUT2D eigenvalue weighted by Gasteiger charge is -2.34. The zero-order valence-electron chi connectivity index (χ0n) is 14.7. The van der Waals surface area contributed by atoms with E-state index in [0.717, 1.165) is 30.7 Å². The van der Waals surface area contributed by atoms with Crippen molar-refractivity contribution in [3.8, 4) is 5.75 Å². The lowest BCUT2D eigenvalue weighted by atomic mass is 10.2. The van der Waals surface area contributed by atoms with Crippen molar-refractivity contribution in [2.45, 2.75) is 26.4 Å². The zero-order chi connectivity index (χ0) is 18.7. The molecule has 1 fully saturated rings. The summed E-state index contributed by atoms with van der Waals surface area (Å²) in [6.45, 7) is 5.96. The van der Waals surface area contributed by atoms with Crippen molar-refractivity contribution in [2.24, 2.45) is 0 Å². The molecule has 1 aromatic carbocycles. The summed E-state index contributed by atoms with van der Waals surface area (Å²) in [6.07, 6.45) is 0.606. The summed E-state index contributed by atoms with van der Waals surface area (Å²) >= 11 is 3.27. The van der Waals surface area contributed by atoms with Crippen LogP contribution in [0.2, 0.25) is 0 Å². The van der Waals surface area contributed by atoms with Gasteiger partial charge in [-0.2, -0.15) is 0 Å². The Kier molecular flexibility index (Phi) is 6.11. The molecular formula is C19H22BrFN2O3. The minimum Gasteiger partial charge on any atom is -0.502 e. The summed E-state index contributed by atoms with van der Waals surface area (Å²) in [6, 6.07) is 6.47. The van der Waals surface area contributed by atoms with Crippen LogP contribution in [0.1, 0.15) is 24.0 Å². The number of hydrogen-bond acceptors (Lipinski definition) is 5. The highest BCUT2D eigenvalue weighted by molar-refractivity contribution is 9.10. The van der Waals surface area contributed by atoms with Gasteiger partial charge in [0.05, 0.1) is 6.54 Å². The van der Waals surface area contributed by atoms with Crippen LogP contribution in [-0.4, -0.2) is 41.1 Å². The predicted octanol–water partition coefficient (Wildman–Crippen LogP) is 3.13. The van der Waals surface area contributed by atoms with Gasteiger partial charge in [0, 0.05) is 55.2 Å². The van der Waals surface area contributed by atoms with E-state index in [9.17, 15) is 14.3 Å². The highest BCUT2D eigenvalue weighted by Crippen LogP contribution is 2.20. The topological polar surface area (TPSA) is 56.9 Å². The first-order chi connectivity index (χ1) is 12.5. The molecule has 3 rings (SSSR count). The largest absolute Gasteiger partial charge is 0.502 e. The highest BCUT2D eigenvalue weighted by atomic mass is 79.9. The molecule has 1 N–H and O–H groups in total. The monoisotopic (exact) mass is 424 g/mol. The third kappa shape index (κ3) is 4.52. The molecule has 0 saturated carbocycles. The average Bonchev–Trinajstić information content (AvgIpc) is 2.62. The van der Waals surface area contributed by atoms with Gasteiger partial charge < -0.3 is 9.52 Å². The molecule has 5 nitrogen and oxygen atoms in total. The Bertz CT molecular complexity index is 832. The molecule has 1 saturated heterocycles. The molecule has 0 bridgehead atoms. The van der Waals surface area contributed by atoms with Crippen molar-refractivity contribution in [1.82, 2.24) is 9.80 Å². The molecular weight excluding hydrogens is 403 g/mol. The Morgan fingerprint density at radius 2 is 1.81 bits per heavy atom. The number of aromatic hydroxyl groups is 1. The highest BCUT2D eigenvalue weighted by Gasteiger charge is 2.21. The van der Waals surface area contributed by atoms with Gasteiger partial charge in [0.1, 0.15) is 11.6 Å². The summed E-state index contributed by atoms with van der Waals surface area (Å²) in [5.41, 5.74) is 0.286. The van der Waals surface area contributed by atoms with Crippen molar-refractivity contribution in [3.05, 3.63) is 61.9 Å². The molecule has 1 aromatic heterocycles. The van der Waals surface area contributed by atoms with Gasteiger partial charge in [-0.25, -0.2) is 4.39 Å². The maximum absolute atomic E-state index is 14.0. The van der Waals surface area contributed by atoms with Gasteiger partial charge in [-0.3, -0.25) is 14.6 Å². The summed E-state index contributed by atoms with van der Waals surface area (Å²) in [7, 11) is 0. The van der Waals surface area contributed by atoms with Crippen LogP contribution in [0.3, 0.4) is 0 Å². The molecule has 26 heavy (non-hydrogen) atoms. The Hall–Kier alpha value is -1.70. The number of aryl methyl sites for hydroxylation is 1.